The molecule has 0 aromatic heterocycles. The molecule has 1 rings (SSSR count). The summed E-state index contributed by atoms with van der Waals surface area (Å²) in [5.41, 5.74) is 0. The molecule has 1 aliphatic rings. The molecule has 1 saturated heterocycles. The Hall–Kier alpha value is -0.210. The first-order valence-corrected chi connectivity index (χ1v) is 7.18. The number of hydrogen-bond donors (Lipinski definition) is 1. The highest BCUT2D eigenvalue weighted by Crippen LogP contribution is 2.17. The van der Waals surface area contributed by atoms with Crippen LogP contribution in [0.15, 0.2) is 0 Å². The van der Waals surface area contributed by atoms with Crippen molar-refractivity contribution in [1.82, 2.24) is 8.61 Å². The molecule has 0 spiro atoms. The van der Waals surface area contributed by atoms with Gasteiger partial charge >= 0.3 is 0 Å². The second kappa shape index (κ2) is 5.62. The molecule has 0 aromatic carbocycles. The van der Waals surface area contributed by atoms with Crippen molar-refractivity contribution < 1.29 is 18.3 Å². The van der Waals surface area contributed by atoms with E-state index in [-0.39, 0.29) is 18.8 Å². The molecule has 7 heteroatoms. The summed E-state index contributed by atoms with van der Waals surface area (Å²) in [5, 5.41) is 9.02. The zero-order chi connectivity index (χ0) is 13.2. The third kappa shape index (κ3) is 3.38. The van der Waals surface area contributed by atoms with Gasteiger partial charge in [-0.3, -0.25) is 0 Å². The second-order valence-electron chi connectivity index (χ2n) is 4.63. The predicted molar refractivity (Wildman–Crippen MR) is 64.8 cm³/mol. The van der Waals surface area contributed by atoms with Crippen molar-refractivity contribution in [2.75, 3.05) is 26.7 Å². The van der Waals surface area contributed by atoms with E-state index in [2.05, 4.69) is 0 Å². The van der Waals surface area contributed by atoms with Crippen LogP contribution in [0.3, 0.4) is 0 Å². The van der Waals surface area contributed by atoms with Crippen LogP contribution in [-0.4, -0.2) is 67.1 Å². The SMILES string of the molecule is CC1CN(S(=O)(=O)N(C)C(C)CO)CC(C)O1. The van der Waals surface area contributed by atoms with Crippen molar-refractivity contribution in [2.45, 2.75) is 39.0 Å². The van der Waals surface area contributed by atoms with Crippen molar-refractivity contribution >= 4 is 10.2 Å². The van der Waals surface area contributed by atoms with E-state index in [1.165, 1.54) is 15.7 Å². The molecule has 3 unspecified atom stereocenters. The van der Waals surface area contributed by atoms with Crippen LogP contribution in [0, 0.1) is 0 Å². The van der Waals surface area contributed by atoms with Crippen molar-refractivity contribution in [2.24, 2.45) is 0 Å². The Kier molecular flexibility index (Phi) is 4.91. The van der Waals surface area contributed by atoms with Crippen LogP contribution in [0.25, 0.3) is 0 Å². The first kappa shape index (κ1) is 14.8. The summed E-state index contributed by atoms with van der Waals surface area (Å²) in [5.74, 6) is 0. The zero-order valence-electron chi connectivity index (χ0n) is 10.8. The molecule has 1 aliphatic heterocycles. The monoisotopic (exact) mass is 266 g/mol. The molecule has 1 fully saturated rings. The van der Waals surface area contributed by atoms with E-state index in [0.717, 1.165) is 0 Å². The quantitative estimate of drug-likeness (QED) is 0.755. The molecule has 1 heterocycles. The van der Waals surface area contributed by atoms with Crippen LogP contribution in [0.4, 0.5) is 0 Å². The topological polar surface area (TPSA) is 70.1 Å². The van der Waals surface area contributed by atoms with E-state index in [4.69, 9.17) is 9.84 Å². The molecule has 0 bridgehead atoms. The highest BCUT2D eigenvalue weighted by atomic mass is 32.2. The molecule has 17 heavy (non-hydrogen) atoms. The lowest BCUT2D eigenvalue weighted by Crippen LogP contribution is -2.54. The van der Waals surface area contributed by atoms with Crippen molar-refractivity contribution in [3.63, 3.8) is 0 Å². The predicted octanol–water partition coefficient (Wildman–Crippen LogP) is -0.347. The summed E-state index contributed by atoms with van der Waals surface area (Å²) in [7, 11) is -2.03. The van der Waals surface area contributed by atoms with Gasteiger partial charge in [0.05, 0.1) is 18.8 Å². The van der Waals surface area contributed by atoms with Crippen molar-refractivity contribution in [3.05, 3.63) is 0 Å². The number of rotatable bonds is 4. The van der Waals surface area contributed by atoms with E-state index in [1.54, 1.807) is 6.92 Å². The number of morpholine rings is 1. The summed E-state index contributed by atoms with van der Waals surface area (Å²) in [4.78, 5) is 0. The van der Waals surface area contributed by atoms with Gasteiger partial charge in [-0.15, -0.1) is 0 Å². The fourth-order valence-electron chi connectivity index (χ4n) is 1.84. The lowest BCUT2D eigenvalue weighted by atomic mass is 10.3. The average molecular weight is 266 g/mol. The fraction of sp³-hybridized carbons (Fsp3) is 1.00. The van der Waals surface area contributed by atoms with Gasteiger partial charge in [-0.2, -0.15) is 17.0 Å². The van der Waals surface area contributed by atoms with Crippen LogP contribution >= 0.6 is 0 Å². The molecule has 0 saturated carbocycles. The standard InChI is InChI=1S/C10H22N2O4S/c1-8(7-13)11(4)17(14,15)12-5-9(2)16-10(3)6-12/h8-10,13H,5-7H2,1-4H3. The van der Waals surface area contributed by atoms with Crippen LogP contribution in [0.1, 0.15) is 20.8 Å². The Morgan fingerprint density at radius 1 is 1.41 bits per heavy atom. The number of likely N-dealkylation sites (N-methyl/N-ethyl adjacent to an activating group) is 1. The Morgan fingerprint density at radius 3 is 2.29 bits per heavy atom. The lowest BCUT2D eigenvalue weighted by Gasteiger charge is -2.37. The Bertz CT molecular complexity index is 336. The lowest BCUT2D eigenvalue weighted by molar-refractivity contribution is -0.0456. The van der Waals surface area contributed by atoms with Gasteiger partial charge in [-0.1, -0.05) is 0 Å². The summed E-state index contributed by atoms with van der Waals surface area (Å²) in [6.07, 6.45) is -0.210. The van der Waals surface area contributed by atoms with E-state index >= 15 is 0 Å². The maximum Gasteiger partial charge on any atom is 0.282 e. The highest BCUT2D eigenvalue weighted by Gasteiger charge is 2.35. The van der Waals surface area contributed by atoms with Gasteiger partial charge < -0.3 is 9.84 Å². The van der Waals surface area contributed by atoms with Crippen LogP contribution in [-0.2, 0) is 14.9 Å². The van der Waals surface area contributed by atoms with Gasteiger partial charge in [0.25, 0.3) is 10.2 Å². The zero-order valence-corrected chi connectivity index (χ0v) is 11.6. The van der Waals surface area contributed by atoms with Gasteiger partial charge in [0.1, 0.15) is 0 Å². The van der Waals surface area contributed by atoms with Gasteiger partial charge in [0, 0.05) is 26.2 Å². The Labute approximate surface area is 103 Å². The number of nitrogens with zero attached hydrogens (tertiary/aromatic N) is 2. The van der Waals surface area contributed by atoms with Crippen LogP contribution in [0.5, 0.6) is 0 Å². The van der Waals surface area contributed by atoms with E-state index in [9.17, 15) is 8.42 Å². The van der Waals surface area contributed by atoms with Crippen molar-refractivity contribution in [1.29, 1.82) is 0 Å². The molecule has 0 aromatic rings. The molecule has 0 aliphatic carbocycles. The number of aliphatic hydroxyl groups is 1. The maximum absolute atomic E-state index is 12.3. The molecule has 0 radical (unpaired) electrons. The summed E-state index contributed by atoms with van der Waals surface area (Å²) < 4.78 is 32.6. The van der Waals surface area contributed by atoms with Crippen molar-refractivity contribution in [3.8, 4) is 0 Å². The smallest absolute Gasteiger partial charge is 0.282 e. The maximum atomic E-state index is 12.3. The number of hydrogen-bond acceptors (Lipinski definition) is 4. The number of aliphatic hydroxyl groups excluding tert-OH is 1. The fourth-order valence-corrected chi connectivity index (χ4v) is 3.53. The minimum Gasteiger partial charge on any atom is -0.395 e. The Balaban J connectivity index is 2.82. The summed E-state index contributed by atoms with van der Waals surface area (Å²) in [6.45, 7) is 5.90. The minimum absolute atomic E-state index is 0.105. The van der Waals surface area contributed by atoms with Crippen LogP contribution < -0.4 is 0 Å². The third-order valence-corrected chi connectivity index (χ3v) is 5.00. The largest absolute Gasteiger partial charge is 0.395 e. The van der Waals surface area contributed by atoms with Gasteiger partial charge in [0.15, 0.2) is 0 Å². The molecule has 0 amide bonds. The van der Waals surface area contributed by atoms with Crippen LogP contribution in [0.2, 0.25) is 0 Å². The molecule has 102 valence electrons. The Morgan fingerprint density at radius 2 is 1.88 bits per heavy atom. The molecular weight excluding hydrogens is 244 g/mol. The molecular formula is C10H22N2O4S. The minimum atomic E-state index is -3.51. The third-order valence-electron chi connectivity index (χ3n) is 2.96. The van der Waals surface area contributed by atoms with Gasteiger partial charge in [-0.25, -0.2) is 0 Å². The summed E-state index contributed by atoms with van der Waals surface area (Å²) in [6, 6.07) is -0.423. The second-order valence-corrected chi connectivity index (χ2v) is 6.62. The first-order chi connectivity index (χ1) is 7.78. The van der Waals surface area contributed by atoms with E-state index < -0.39 is 16.3 Å². The van der Waals surface area contributed by atoms with E-state index in [0.29, 0.717) is 13.1 Å². The van der Waals surface area contributed by atoms with Gasteiger partial charge in [-0.05, 0) is 20.8 Å². The number of ether oxygens (including phenoxy) is 1. The van der Waals surface area contributed by atoms with E-state index in [1.807, 2.05) is 13.8 Å². The normalized spacial score (nSPS) is 29.5. The average Bonchev–Trinajstić information content (AvgIpc) is 2.25. The molecule has 1 N–H and O–H groups in total. The highest BCUT2D eigenvalue weighted by molar-refractivity contribution is 7.86. The summed E-state index contributed by atoms with van der Waals surface area (Å²) >= 11 is 0. The molecule has 3 atom stereocenters. The van der Waals surface area contributed by atoms with Gasteiger partial charge in [0.2, 0.25) is 0 Å². The first-order valence-electron chi connectivity index (χ1n) is 5.78. The molecule has 6 nitrogen and oxygen atoms in total.